The molecule has 0 unspecified atom stereocenters. The maximum atomic E-state index is 2.37. The monoisotopic (exact) mass is 405 g/mol. The van der Waals surface area contributed by atoms with Gasteiger partial charge in [0.1, 0.15) is 6.54 Å². The fourth-order valence-corrected chi connectivity index (χ4v) is 4.24. The summed E-state index contributed by atoms with van der Waals surface area (Å²) in [5.74, 6) is 0. The molecule has 0 spiro atoms. The lowest BCUT2D eigenvalue weighted by Crippen LogP contribution is -2.39. The summed E-state index contributed by atoms with van der Waals surface area (Å²) < 4.78 is 1.11. The van der Waals surface area contributed by atoms with Gasteiger partial charge in [-0.05, 0) is 12.8 Å². The van der Waals surface area contributed by atoms with Gasteiger partial charge < -0.3 is 10.6 Å². The Kier molecular flexibility index (Phi) is 18.6. The molecule has 170 valence electrons. The summed E-state index contributed by atoms with van der Waals surface area (Å²) in [7, 11) is 4.75. The molecule has 2 nitrogen and oxygen atoms in total. The number of rotatable bonds is 19. The second-order valence-corrected chi connectivity index (χ2v) is 9.61. The predicted octanol–water partition coefficient (Wildman–Crippen LogP) is 8.69. The van der Waals surface area contributed by atoms with Gasteiger partial charge in [-0.1, -0.05) is 127 Å². The molecule has 0 saturated carbocycles. The van der Waals surface area contributed by atoms with Gasteiger partial charge in [0.2, 0.25) is 0 Å². The van der Waals surface area contributed by atoms with Gasteiger partial charge in [-0.2, -0.15) is 0 Å². The fourth-order valence-electron chi connectivity index (χ4n) is 4.24. The SMILES string of the molecule is CCCCCCCCCCCCCCCCCC[N+](C)(C)Cc1ccccc1.N. The lowest BCUT2D eigenvalue weighted by atomic mass is 10.0. The van der Waals surface area contributed by atoms with Crippen LogP contribution in [0, 0.1) is 0 Å². The second-order valence-electron chi connectivity index (χ2n) is 9.61. The summed E-state index contributed by atoms with van der Waals surface area (Å²) in [5, 5.41) is 0. The summed E-state index contributed by atoms with van der Waals surface area (Å²) in [5.41, 5.74) is 1.46. The molecule has 0 saturated heterocycles. The molecule has 0 aliphatic rings. The van der Waals surface area contributed by atoms with Crippen molar-refractivity contribution in [2.75, 3.05) is 20.6 Å². The molecule has 0 heterocycles. The maximum Gasteiger partial charge on any atom is 0.104 e. The van der Waals surface area contributed by atoms with Crippen LogP contribution in [0.1, 0.15) is 115 Å². The first-order valence-corrected chi connectivity index (χ1v) is 12.5. The maximum absolute atomic E-state index is 2.37. The van der Waals surface area contributed by atoms with Crippen LogP contribution in [0.4, 0.5) is 0 Å². The Balaban J connectivity index is 0.00000784. The van der Waals surface area contributed by atoms with Crippen molar-refractivity contribution < 1.29 is 4.48 Å². The molecule has 2 heteroatoms. The van der Waals surface area contributed by atoms with E-state index in [0.29, 0.717) is 0 Å². The molecule has 0 radical (unpaired) electrons. The molecule has 1 aromatic rings. The molecule has 0 aliphatic carbocycles. The highest BCUT2D eigenvalue weighted by atomic mass is 15.3. The standard InChI is InChI=1S/C27H50N.H3N/c1-4-5-6-7-8-9-10-11-12-13-14-15-16-17-18-22-25-28(2,3)26-27-23-20-19-21-24-27;/h19-21,23-24H,4-18,22,25-26H2,1-3H3;1H3/q+1;. The molecule has 29 heavy (non-hydrogen) atoms. The Morgan fingerprint density at radius 2 is 0.931 bits per heavy atom. The first-order chi connectivity index (χ1) is 13.6. The van der Waals surface area contributed by atoms with Crippen molar-refractivity contribution in [1.29, 1.82) is 0 Å². The summed E-state index contributed by atoms with van der Waals surface area (Å²) in [6, 6.07) is 10.9. The van der Waals surface area contributed by atoms with E-state index in [4.69, 9.17) is 0 Å². The summed E-state index contributed by atoms with van der Waals surface area (Å²) in [6.07, 6.45) is 23.2. The van der Waals surface area contributed by atoms with Gasteiger partial charge in [-0.25, -0.2) is 0 Å². The van der Waals surface area contributed by atoms with E-state index in [1.807, 2.05) is 0 Å². The van der Waals surface area contributed by atoms with Crippen LogP contribution in [0.2, 0.25) is 0 Å². The Hall–Kier alpha value is -0.860. The van der Waals surface area contributed by atoms with E-state index in [9.17, 15) is 0 Å². The minimum atomic E-state index is 0. The summed E-state index contributed by atoms with van der Waals surface area (Å²) in [4.78, 5) is 0. The van der Waals surface area contributed by atoms with Gasteiger partial charge in [0.15, 0.2) is 0 Å². The van der Waals surface area contributed by atoms with E-state index in [1.54, 1.807) is 0 Å². The molecular formula is C27H53N2+. The minimum absolute atomic E-state index is 0. The van der Waals surface area contributed by atoms with Gasteiger partial charge in [-0.15, -0.1) is 0 Å². The Bertz CT molecular complexity index is 441. The molecule has 0 aromatic heterocycles. The van der Waals surface area contributed by atoms with Crippen molar-refractivity contribution in [3.8, 4) is 0 Å². The van der Waals surface area contributed by atoms with Crippen molar-refractivity contribution in [2.45, 2.75) is 116 Å². The van der Waals surface area contributed by atoms with Crippen molar-refractivity contribution in [1.82, 2.24) is 6.15 Å². The third-order valence-electron chi connectivity index (χ3n) is 6.07. The van der Waals surface area contributed by atoms with Crippen LogP contribution in [0.3, 0.4) is 0 Å². The van der Waals surface area contributed by atoms with Crippen molar-refractivity contribution in [2.24, 2.45) is 0 Å². The van der Waals surface area contributed by atoms with Gasteiger partial charge in [0.25, 0.3) is 0 Å². The van der Waals surface area contributed by atoms with E-state index in [2.05, 4.69) is 51.4 Å². The summed E-state index contributed by atoms with van der Waals surface area (Å²) >= 11 is 0. The topological polar surface area (TPSA) is 35.0 Å². The smallest absolute Gasteiger partial charge is 0.104 e. The lowest BCUT2D eigenvalue weighted by Gasteiger charge is -2.30. The van der Waals surface area contributed by atoms with Gasteiger partial charge >= 0.3 is 0 Å². The first-order valence-electron chi connectivity index (χ1n) is 12.5. The molecule has 1 rings (SSSR count). The van der Waals surface area contributed by atoms with Crippen molar-refractivity contribution in [3.63, 3.8) is 0 Å². The number of unbranched alkanes of at least 4 members (excludes halogenated alkanes) is 15. The van der Waals surface area contributed by atoms with Crippen LogP contribution >= 0.6 is 0 Å². The van der Waals surface area contributed by atoms with Crippen molar-refractivity contribution >= 4 is 0 Å². The normalized spacial score (nSPS) is 11.4. The number of hydrogen-bond donors (Lipinski definition) is 1. The molecule has 0 amide bonds. The van der Waals surface area contributed by atoms with E-state index in [1.165, 1.54) is 115 Å². The first kappa shape index (κ1) is 28.1. The third-order valence-corrected chi connectivity index (χ3v) is 6.07. The third kappa shape index (κ3) is 17.7. The lowest BCUT2D eigenvalue weighted by molar-refractivity contribution is -0.903. The Labute approximate surface area is 183 Å². The number of benzene rings is 1. The number of hydrogen-bond acceptors (Lipinski definition) is 1. The van der Waals surface area contributed by atoms with Crippen molar-refractivity contribution in [3.05, 3.63) is 35.9 Å². The van der Waals surface area contributed by atoms with E-state index >= 15 is 0 Å². The van der Waals surface area contributed by atoms with Gasteiger partial charge in [0, 0.05) is 5.56 Å². The number of nitrogens with zero attached hydrogens (tertiary/aromatic N) is 1. The Morgan fingerprint density at radius 1 is 0.552 bits per heavy atom. The number of quaternary nitrogens is 1. The molecule has 0 atom stereocenters. The predicted molar refractivity (Wildman–Crippen MR) is 132 cm³/mol. The van der Waals surface area contributed by atoms with Gasteiger partial charge in [-0.3, -0.25) is 0 Å². The summed E-state index contributed by atoms with van der Waals surface area (Å²) in [6.45, 7) is 4.75. The molecular weight excluding hydrogens is 352 g/mol. The average Bonchev–Trinajstić information content (AvgIpc) is 2.68. The molecule has 0 aliphatic heterocycles. The minimum Gasteiger partial charge on any atom is -0.344 e. The van der Waals surface area contributed by atoms with E-state index in [0.717, 1.165) is 11.0 Å². The zero-order valence-electron chi connectivity index (χ0n) is 20.3. The molecule has 3 N–H and O–H groups in total. The van der Waals surface area contributed by atoms with Gasteiger partial charge in [0.05, 0.1) is 20.6 Å². The highest BCUT2D eigenvalue weighted by Crippen LogP contribution is 2.15. The van der Waals surface area contributed by atoms with Crippen LogP contribution in [0.15, 0.2) is 30.3 Å². The van der Waals surface area contributed by atoms with Crippen LogP contribution in [-0.4, -0.2) is 25.1 Å². The molecule has 0 bridgehead atoms. The zero-order valence-corrected chi connectivity index (χ0v) is 20.3. The zero-order chi connectivity index (χ0) is 20.3. The van der Waals surface area contributed by atoms with Crippen LogP contribution in [-0.2, 0) is 6.54 Å². The molecule has 1 aromatic carbocycles. The van der Waals surface area contributed by atoms with Crippen LogP contribution < -0.4 is 6.15 Å². The molecule has 0 fully saturated rings. The fraction of sp³-hybridized carbons (Fsp3) is 0.778. The Morgan fingerprint density at radius 3 is 1.34 bits per heavy atom. The van der Waals surface area contributed by atoms with Crippen LogP contribution in [0.25, 0.3) is 0 Å². The average molecular weight is 406 g/mol. The largest absolute Gasteiger partial charge is 0.344 e. The quantitative estimate of drug-likeness (QED) is 0.181. The van der Waals surface area contributed by atoms with E-state index < -0.39 is 0 Å². The second kappa shape index (κ2) is 19.1. The highest BCUT2D eigenvalue weighted by molar-refractivity contribution is 5.13. The van der Waals surface area contributed by atoms with E-state index in [-0.39, 0.29) is 6.15 Å². The highest BCUT2D eigenvalue weighted by Gasteiger charge is 2.14. The van der Waals surface area contributed by atoms with Crippen LogP contribution in [0.5, 0.6) is 0 Å².